The number of thioether (sulfide) groups is 1. The van der Waals surface area contributed by atoms with Gasteiger partial charge in [0, 0.05) is 37.8 Å². The van der Waals surface area contributed by atoms with Gasteiger partial charge in [0.2, 0.25) is 5.91 Å². The first-order valence-electron chi connectivity index (χ1n) is 6.26. The van der Waals surface area contributed by atoms with Crippen LogP contribution in [0.3, 0.4) is 0 Å². The molecule has 0 aromatic heterocycles. The predicted octanol–water partition coefficient (Wildman–Crippen LogP) is 2.37. The van der Waals surface area contributed by atoms with Gasteiger partial charge in [-0.15, -0.1) is 0 Å². The molecule has 21 heavy (non-hydrogen) atoms. The average molecular weight is 312 g/mol. The highest BCUT2D eigenvalue weighted by Gasteiger charge is 2.34. The lowest BCUT2D eigenvalue weighted by Crippen LogP contribution is -2.25. The Morgan fingerprint density at radius 3 is 2.90 bits per heavy atom. The number of nitro groups is 1. The molecular weight excluding hydrogens is 299 g/mol. The van der Waals surface area contributed by atoms with Crippen LogP contribution in [0.1, 0.15) is 13.3 Å². The van der Waals surface area contributed by atoms with Crippen molar-refractivity contribution in [3.05, 3.63) is 34.1 Å². The number of anilines is 1. The van der Waals surface area contributed by atoms with Crippen molar-refractivity contribution in [3.8, 4) is 0 Å². The fourth-order valence-electron chi connectivity index (χ4n) is 2.23. The Bertz CT molecular complexity index is 608. The number of carbonyl (C=O) groups is 2. The third-order valence-electron chi connectivity index (χ3n) is 3.15. The standard InChI is InChI=1S/C13H13FN2O4S/c1-8(17)21-7-9-4-13(18)15(6-9)12-5-10(14)2-3-11(12)16(19)20/h2-3,5,9H,4,6-7H2,1H3. The molecule has 8 heteroatoms. The third kappa shape index (κ3) is 3.57. The Kier molecular flexibility index (Phi) is 4.56. The molecule has 1 aliphatic rings. The highest BCUT2D eigenvalue weighted by Crippen LogP contribution is 2.34. The van der Waals surface area contributed by atoms with Crippen molar-refractivity contribution in [2.75, 3.05) is 17.2 Å². The minimum absolute atomic E-state index is 0.0275. The second-order valence-corrected chi connectivity index (χ2v) is 5.96. The fraction of sp³-hybridized carbons (Fsp3) is 0.385. The maximum absolute atomic E-state index is 13.3. The molecule has 0 radical (unpaired) electrons. The lowest BCUT2D eigenvalue weighted by molar-refractivity contribution is -0.384. The summed E-state index contributed by atoms with van der Waals surface area (Å²) in [5.74, 6) is -0.530. The molecule has 0 aliphatic carbocycles. The predicted molar refractivity (Wildman–Crippen MR) is 76.7 cm³/mol. The molecule has 1 atom stereocenters. The molecule has 2 rings (SSSR count). The van der Waals surface area contributed by atoms with E-state index in [-0.39, 0.29) is 41.3 Å². The van der Waals surface area contributed by atoms with Gasteiger partial charge in [0.15, 0.2) is 5.12 Å². The van der Waals surface area contributed by atoms with Crippen LogP contribution in [0.4, 0.5) is 15.8 Å². The average Bonchev–Trinajstić information content (AvgIpc) is 2.77. The van der Waals surface area contributed by atoms with Crippen LogP contribution in [0.25, 0.3) is 0 Å². The van der Waals surface area contributed by atoms with Crippen molar-refractivity contribution >= 4 is 34.2 Å². The Morgan fingerprint density at radius 2 is 2.29 bits per heavy atom. The van der Waals surface area contributed by atoms with Gasteiger partial charge in [-0.05, 0) is 12.0 Å². The molecule has 0 bridgehead atoms. The summed E-state index contributed by atoms with van der Waals surface area (Å²) < 4.78 is 13.3. The van der Waals surface area contributed by atoms with Crippen LogP contribution in [-0.4, -0.2) is 28.2 Å². The van der Waals surface area contributed by atoms with Crippen LogP contribution in [0.15, 0.2) is 18.2 Å². The number of nitrogens with zero attached hydrogens (tertiary/aromatic N) is 2. The molecule has 1 unspecified atom stereocenters. The number of hydrogen-bond acceptors (Lipinski definition) is 5. The van der Waals surface area contributed by atoms with Gasteiger partial charge in [-0.3, -0.25) is 19.7 Å². The van der Waals surface area contributed by atoms with Crippen LogP contribution in [-0.2, 0) is 9.59 Å². The molecule has 1 saturated heterocycles. The second kappa shape index (κ2) is 6.21. The van der Waals surface area contributed by atoms with E-state index >= 15 is 0 Å². The van der Waals surface area contributed by atoms with Gasteiger partial charge in [0.25, 0.3) is 5.69 Å². The molecule has 0 saturated carbocycles. The molecule has 1 aromatic rings. The quantitative estimate of drug-likeness (QED) is 0.630. The van der Waals surface area contributed by atoms with E-state index in [4.69, 9.17) is 0 Å². The Morgan fingerprint density at radius 1 is 1.57 bits per heavy atom. The van der Waals surface area contributed by atoms with E-state index in [2.05, 4.69) is 0 Å². The molecule has 1 aromatic carbocycles. The zero-order chi connectivity index (χ0) is 15.6. The molecule has 6 nitrogen and oxygen atoms in total. The lowest BCUT2D eigenvalue weighted by atomic mass is 10.1. The number of hydrogen-bond donors (Lipinski definition) is 0. The summed E-state index contributed by atoms with van der Waals surface area (Å²) in [4.78, 5) is 34.5. The van der Waals surface area contributed by atoms with E-state index in [1.165, 1.54) is 11.8 Å². The molecule has 0 N–H and O–H groups in total. The molecule has 1 fully saturated rings. The summed E-state index contributed by atoms with van der Waals surface area (Å²) in [5, 5.41) is 10.9. The van der Waals surface area contributed by atoms with Crippen LogP contribution in [0.5, 0.6) is 0 Å². The van der Waals surface area contributed by atoms with Crippen molar-refractivity contribution in [3.63, 3.8) is 0 Å². The number of nitro benzene ring substituents is 1. The minimum Gasteiger partial charge on any atom is -0.306 e. The summed E-state index contributed by atoms with van der Waals surface area (Å²) in [7, 11) is 0. The minimum atomic E-state index is -0.639. The molecule has 112 valence electrons. The van der Waals surface area contributed by atoms with E-state index in [1.54, 1.807) is 0 Å². The topological polar surface area (TPSA) is 80.5 Å². The number of rotatable bonds is 4. The highest BCUT2D eigenvalue weighted by atomic mass is 32.2. The molecule has 1 aliphatic heterocycles. The summed E-state index contributed by atoms with van der Waals surface area (Å²) in [5.41, 5.74) is -0.329. The number of carbonyl (C=O) groups excluding carboxylic acids is 2. The van der Waals surface area contributed by atoms with E-state index < -0.39 is 10.7 Å². The van der Waals surface area contributed by atoms with Gasteiger partial charge in [-0.1, -0.05) is 11.8 Å². The molecular formula is C13H13FN2O4S. The summed E-state index contributed by atoms with van der Waals surface area (Å²) in [6, 6.07) is 3.04. The Hall–Kier alpha value is -1.96. The summed E-state index contributed by atoms with van der Waals surface area (Å²) in [6.07, 6.45) is 0.202. The van der Waals surface area contributed by atoms with Crippen LogP contribution < -0.4 is 4.90 Å². The largest absolute Gasteiger partial charge is 0.306 e. The maximum Gasteiger partial charge on any atom is 0.293 e. The Balaban J connectivity index is 2.22. The maximum atomic E-state index is 13.3. The van der Waals surface area contributed by atoms with Gasteiger partial charge in [-0.2, -0.15) is 0 Å². The zero-order valence-corrected chi connectivity index (χ0v) is 12.1. The monoisotopic (exact) mass is 312 g/mol. The van der Waals surface area contributed by atoms with Crippen LogP contribution >= 0.6 is 11.8 Å². The van der Waals surface area contributed by atoms with Gasteiger partial charge < -0.3 is 4.90 Å². The van der Waals surface area contributed by atoms with E-state index in [0.717, 1.165) is 30.0 Å². The van der Waals surface area contributed by atoms with Crippen molar-refractivity contribution in [1.82, 2.24) is 0 Å². The second-order valence-electron chi connectivity index (χ2n) is 4.77. The first-order chi connectivity index (χ1) is 9.88. The molecule has 1 heterocycles. The normalized spacial score (nSPS) is 18.1. The smallest absolute Gasteiger partial charge is 0.293 e. The molecule has 0 spiro atoms. The third-order valence-corrected chi connectivity index (χ3v) is 4.20. The first-order valence-corrected chi connectivity index (χ1v) is 7.24. The lowest BCUT2D eigenvalue weighted by Gasteiger charge is -2.16. The fourth-order valence-corrected chi connectivity index (χ4v) is 2.92. The van der Waals surface area contributed by atoms with E-state index in [1.807, 2.05) is 0 Å². The van der Waals surface area contributed by atoms with E-state index in [9.17, 15) is 24.1 Å². The van der Waals surface area contributed by atoms with Gasteiger partial charge in [0.05, 0.1) is 4.92 Å². The SMILES string of the molecule is CC(=O)SCC1CC(=O)N(c2cc(F)ccc2[N+](=O)[O-])C1. The first kappa shape index (κ1) is 15.4. The highest BCUT2D eigenvalue weighted by molar-refractivity contribution is 8.13. The number of amides is 1. The van der Waals surface area contributed by atoms with Crippen molar-refractivity contribution in [1.29, 1.82) is 0 Å². The van der Waals surface area contributed by atoms with Gasteiger partial charge in [0.1, 0.15) is 11.5 Å². The van der Waals surface area contributed by atoms with Gasteiger partial charge in [-0.25, -0.2) is 4.39 Å². The van der Waals surface area contributed by atoms with Crippen LogP contribution in [0, 0.1) is 21.8 Å². The summed E-state index contributed by atoms with van der Waals surface area (Å²) >= 11 is 1.12. The molecule has 1 amide bonds. The Labute approximate surface area is 124 Å². The van der Waals surface area contributed by atoms with Crippen LogP contribution in [0.2, 0.25) is 0 Å². The van der Waals surface area contributed by atoms with E-state index in [0.29, 0.717) is 5.75 Å². The van der Waals surface area contributed by atoms with Crippen molar-refractivity contribution in [2.24, 2.45) is 5.92 Å². The number of benzene rings is 1. The van der Waals surface area contributed by atoms with Crippen molar-refractivity contribution in [2.45, 2.75) is 13.3 Å². The van der Waals surface area contributed by atoms with Gasteiger partial charge >= 0.3 is 0 Å². The van der Waals surface area contributed by atoms with Crippen molar-refractivity contribution < 1.29 is 18.9 Å². The number of halogens is 1. The summed E-state index contributed by atoms with van der Waals surface area (Å²) in [6.45, 7) is 1.69. The zero-order valence-electron chi connectivity index (χ0n) is 11.2.